The number of carboxylic acid groups (broad SMARTS) is 1. The van der Waals surface area contributed by atoms with Crippen molar-refractivity contribution in [3.05, 3.63) is 41.0 Å². The summed E-state index contributed by atoms with van der Waals surface area (Å²) in [5, 5.41) is 18.1. The van der Waals surface area contributed by atoms with Gasteiger partial charge in [0.05, 0.1) is 0 Å². The minimum atomic E-state index is -1.59. The summed E-state index contributed by atoms with van der Waals surface area (Å²) in [7, 11) is 0. The Hall–Kier alpha value is -2.10. The van der Waals surface area contributed by atoms with Gasteiger partial charge in [0.2, 0.25) is 0 Å². The molecule has 0 aliphatic heterocycles. The van der Waals surface area contributed by atoms with Crippen LogP contribution in [-0.4, -0.2) is 22.0 Å². The molecule has 0 fully saturated rings. The van der Waals surface area contributed by atoms with Crippen molar-refractivity contribution < 1.29 is 19.8 Å². The van der Waals surface area contributed by atoms with E-state index in [0.717, 1.165) is 17.2 Å². The van der Waals surface area contributed by atoms with Crippen LogP contribution in [0.3, 0.4) is 0 Å². The monoisotopic (exact) mass is 220 g/mol. The van der Waals surface area contributed by atoms with Crippen molar-refractivity contribution in [2.75, 3.05) is 0 Å². The lowest BCUT2D eigenvalue weighted by atomic mass is 10.0. The van der Waals surface area contributed by atoms with Crippen molar-refractivity contribution in [2.45, 2.75) is 13.8 Å². The van der Waals surface area contributed by atoms with E-state index in [1.165, 1.54) is 0 Å². The van der Waals surface area contributed by atoms with Gasteiger partial charge in [-0.3, -0.25) is 4.79 Å². The maximum absolute atomic E-state index is 10.9. The van der Waals surface area contributed by atoms with E-state index in [4.69, 9.17) is 5.11 Å². The van der Waals surface area contributed by atoms with Gasteiger partial charge in [-0.15, -0.1) is 0 Å². The molecule has 0 bridgehead atoms. The van der Waals surface area contributed by atoms with Gasteiger partial charge < -0.3 is 10.2 Å². The summed E-state index contributed by atoms with van der Waals surface area (Å²) in [6.45, 7) is 3.55. The zero-order valence-corrected chi connectivity index (χ0v) is 9.02. The quantitative estimate of drug-likeness (QED) is 0.463. The van der Waals surface area contributed by atoms with E-state index in [1.807, 2.05) is 6.07 Å². The first-order valence-corrected chi connectivity index (χ1v) is 4.68. The summed E-state index contributed by atoms with van der Waals surface area (Å²) in [5.41, 5.74) is 2.07. The van der Waals surface area contributed by atoms with E-state index in [-0.39, 0.29) is 5.76 Å². The second-order valence-electron chi connectivity index (χ2n) is 3.47. The Morgan fingerprint density at radius 3 is 2.06 bits per heavy atom. The minimum absolute atomic E-state index is 0.317. The highest BCUT2D eigenvalue weighted by Crippen LogP contribution is 2.20. The number of aliphatic carboxylic acids is 1. The zero-order chi connectivity index (χ0) is 12.3. The summed E-state index contributed by atoms with van der Waals surface area (Å²) >= 11 is 0. The highest BCUT2D eigenvalue weighted by molar-refractivity contribution is 6.38. The van der Waals surface area contributed by atoms with Crippen LogP contribution >= 0.6 is 0 Å². The number of carboxylic acids is 1. The second kappa shape index (κ2) is 4.61. The van der Waals surface area contributed by atoms with Gasteiger partial charge in [-0.1, -0.05) is 18.2 Å². The average Bonchev–Trinajstić information content (AvgIpc) is 2.16. The van der Waals surface area contributed by atoms with Gasteiger partial charge in [0, 0.05) is 11.6 Å². The molecule has 0 heterocycles. The van der Waals surface area contributed by atoms with Gasteiger partial charge in [0.15, 0.2) is 0 Å². The number of aryl methyl sites for hydroxylation is 2. The van der Waals surface area contributed by atoms with Crippen LogP contribution in [0.15, 0.2) is 24.3 Å². The molecule has 0 saturated carbocycles. The fourth-order valence-electron chi connectivity index (χ4n) is 1.48. The van der Waals surface area contributed by atoms with Crippen LogP contribution in [0, 0.1) is 13.8 Å². The molecular weight excluding hydrogens is 208 g/mol. The fraction of sp³-hybridized carbons (Fsp3) is 0.167. The topological polar surface area (TPSA) is 74.6 Å². The molecule has 0 saturated heterocycles. The van der Waals surface area contributed by atoms with Gasteiger partial charge in [-0.2, -0.15) is 0 Å². The highest BCUT2D eigenvalue weighted by Gasteiger charge is 2.13. The van der Waals surface area contributed by atoms with Crippen molar-refractivity contribution in [3.8, 4) is 0 Å². The molecule has 2 N–H and O–H groups in total. The molecule has 1 aromatic carbocycles. The third kappa shape index (κ3) is 2.48. The standard InChI is InChI=1S/C12H12O4/c1-7-4-3-5-8(2)11(7)9(13)6-10(14)12(15)16/h3-6,13H,1-2H3,(H,15,16). The molecule has 4 nitrogen and oxygen atoms in total. The SMILES string of the molecule is Cc1cccc(C)c1C(O)=CC(=O)C(=O)O. The van der Waals surface area contributed by atoms with Crippen molar-refractivity contribution >= 4 is 17.5 Å². The molecule has 1 aromatic rings. The molecule has 0 spiro atoms. The first kappa shape index (κ1) is 12.0. The van der Waals surface area contributed by atoms with Gasteiger partial charge >= 0.3 is 5.97 Å². The van der Waals surface area contributed by atoms with Crippen LogP contribution in [0.4, 0.5) is 0 Å². The average molecular weight is 220 g/mol. The predicted octanol–water partition coefficient (Wildman–Crippen LogP) is 1.86. The molecule has 0 aliphatic rings. The number of hydrogen-bond donors (Lipinski definition) is 2. The van der Waals surface area contributed by atoms with Crippen LogP contribution in [0.5, 0.6) is 0 Å². The molecular formula is C12H12O4. The first-order chi connectivity index (χ1) is 7.43. The largest absolute Gasteiger partial charge is 0.507 e. The lowest BCUT2D eigenvalue weighted by molar-refractivity contribution is -0.146. The van der Waals surface area contributed by atoms with Crippen molar-refractivity contribution in [3.63, 3.8) is 0 Å². The Morgan fingerprint density at radius 2 is 1.62 bits per heavy atom. The van der Waals surface area contributed by atoms with Gasteiger partial charge in [-0.05, 0) is 25.0 Å². The van der Waals surface area contributed by atoms with E-state index in [0.29, 0.717) is 5.56 Å². The molecule has 0 atom stereocenters. The van der Waals surface area contributed by atoms with Crippen molar-refractivity contribution in [1.82, 2.24) is 0 Å². The lowest BCUT2D eigenvalue weighted by Gasteiger charge is -2.07. The van der Waals surface area contributed by atoms with Crippen LogP contribution in [-0.2, 0) is 9.59 Å². The number of aliphatic hydroxyl groups excluding tert-OH is 1. The molecule has 0 radical (unpaired) electrons. The number of ketones is 1. The maximum Gasteiger partial charge on any atom is 0.376 e. The summed E-state index contributed by atoms with van der Waals surface area (Å²) in [5.74, 6) is -3.04. The Kier molecular flexibility index (Phi) is 3.45. The van der Waals surface area contributed by atoms with Crippen LogP contribution in [0.25, 0.3) is 5.76 Å². The van der Waals surface area contributed by atoms with Gasteiger partial charge in [0.1, 0.15) is 5.76 Å². The Labute approximate surface area is 92.8 Å². The third-order valence-corrected chi connectivity index (χ3v) is 2.22. The lowest BCUT2D eigenvalue weighted by Crippen LogP contribution is -2.10. The molecule has 0 unspecified atom stereocenters. The van der Waals surface area contributed by atoms with Gasteiger partial charge in [0.25, 0.3) is 5.78 Å². The van der Waals surface area contributed by atoms with E-state index in [2.05, 4.69) is 0 Å². The highest BCUT2D eigenvalue weighted by atomic mass is 16.4. The van der Waals surface area contributed by atoms with Crippen molar-refractivity contribution in [2.24, 2.45) is 0 Å². The third-order valence-electron chi connectivity index (χ3n) is 2.22. The number of carbonyl (C=O) groups excluding carboxylic acids is 1. The number of carbonyl (C=O) groups is 2. The molecule has 0 aliphatic carbocycles. The fourth-order valence-corrected chi connectivity index (χ4v) is 1.48. The summed E-state index contributed by atoms with van der Waals surface area (Å²) in [6.07, 6.45) is 0.720. The molecule has 84 valence electrons. The van der Waals surface area contributed by atoms with E-state index in [1.54, 1.807) is 26.0 Å². The molecule has 16 heavy (non-hydrogen) atoms. The van der Waals surface area contributed by atoms with Crippen LogP contribution < -0.4 is 0 Å². The van der Waals surface area contributed by atoms with Crippen LogP contribution in [0.1, 0.15) is 16.7 Å². The van der Waals surface area contributed by atoms with Crippen LogP contribution in [0.2, 0.25) is 0 Å². The number of aliphatic hydroxyl groups is 1. The molecule has 0 aromatic heterocycles. The molecule has 1 rings (SSSR count). The smallest absolute Gasteiger partial charge is 0.376 e. The maximum atomic E-state index is 10.9. The summed E-state index contributed by atoms with van der Waals surface area (Å²) in [4.78, 5) is 21.2. The van der Waals surface area contributed by atoms with Crippen molar-refractivity contribution in [1.29, 1.82) is 0 Å². The zero-order valence-electron chi connectivity index (χ0n) is 9.02. The number of benzene rings is 1. The summed E-state index contributed by atoms with van der Waals surface area (Å²) in [6, 6.07) is 5.37. The number of rotatable bonds is 3. The normalized spacial score (nSPS) is 11.2. The number of hydrogen-bond acceptors (Lipinski definition) is 3. The second-order valence-corrected chi connectivity index (χ2v) is 3.47. The van der Waals surface area contributed by atoms with E-state index < -0.39 is 11.8 Å². The predicted molar refractivity (Wildman–Crippen MR) is 59.2 cm³/mol. The molecule has 0 amide bonds. The van der Waals surface area contributed by atoms with Gasteiger partial charge in [-0.25, -0.2) is 4.79 Å². The Balaban J connectivity index is 3.19. The summed E-state index contributed by atoms with van der Waals surface area (Å²) < 4.78 is 0. The Bertz CT molecular complexity index is 452. The van der Waals surface area contributed by atoms with E-state index >= 15 is 0 Å². The first-order valence-electron chi connectivity index (χ1n) is 4.68. The molecule has 4 heteroatoms. The minimum Gasteiger partial charge on any atom is -0.507 e. The van der Waals surface area contributed by atoms with E-state index in [9.17, 15) is 14.7 Å². The Morgan fingerprint density at radius 1 is 1.12 bits per heavy atom.